The molecule has 70 valence electrons. The molecule has 1 unspecified atom stereocenters. The largest absolute Gasteiger partial charge is 0.197 e. The van der Waals surface area contributed by atoms with E-state index < -0.39 is 5.41 Å². The zero-order valence-electron chi connectivity index (χ0n) is 8.36. The molecule has 1 aromatic rings. The molecule has 0 aromatic heterocycles. The molecule has 0 aliphatic heterocycles. The standard InChI is InChI=1S/C12H12N2/c1-10(12(2,8-13)9-14)11-6-4-3-5-7-11/h3-7,10H,1-2H3. The number of benzene rings is 1. The van der Waals surface area contributed by atoms with Gasteiger partial charge in [-0.2, -0.15) is 10.5 Å². The van der Waals surface area contributed by atoms with Crippen molar-refractivity contribution in [1.29, 1.82) is 10.5 Å². The number of hydrogen-bond donors (Lipinski definition) is 0. The molecule has 0 amide bonds. The van der Waals surface area contributed by atoms with Crippen LogP contribution in [0.1, 0.15) is 25.3 Å². The van der Waals surface area contributed by atoms with Crippen molar-refractivity contribution in [1.82, 2.24) is 0 Å². The molecule has 1 rings (SSSR count). The van der Waals surface area contributed by atoms with Crippen molar-refractivity contribution in [3.63, 3.8) is 0 Å². The third-order valence-electron chi connectivity index (χ3n) is 2.63. The first kappa shape index (κ1) is 10.3. The summed E-state index contributed by atoms with van der Waals surface area (Å²) < 4.78 is 0. The summed E-state index contributed by atoms with van der Waals surface area (Å²) in [6, 6.07) is 13.8. The van der Waals surface area contributed by atoms with Crippen LogP contribution in [0.5, 0.6) is 0 Å². The van der Waals surface area contributed by atoms with E-state index in [9.17, 15) is 0 Å². The zero-order valence-corrected chi connectivity index (χ0v) is 8.36. The first-order chi connectivity index (χ1) is 6.64. The van der Waals surface area contributed by atoms with Gasteiger partial charge in [0.1, 0.15) is 5.41 Å². The molecule has 0 fully saturated rings. The Morgan fingerprint density at radius 2 is 1.64 bits per heavy atom. The number of rotatable bonds is 2. The Morgan fingerprint density at radius 3 is 2.07 bits per heavy atom. The highest BCUT2D eigenvalue weighted by Crippen LogP contribution is 2.33. The molecule has 0 bridgehead atoms. The van der Waals surface area contributed by atoms with E-state index in [1.165, 1.54) is 0 Å². The maximum atomic E-state index is 8.94. The van der Waals surface area contributed by atoms with Gasteiger partial charge in [-0.25, -0.2) is 0 Å². The highest BCUT2D eigenvalue weighted by molar-refractivity contribution is 5.28. The van der Waals surface area contributed by atoms with Crippen molar-refractivity contribution in [2.45, 2.75) is 19.8 Å². The predicted molar refractivity (Wildman–Crippen MR) is 54.2 cm³/mol. The second-order valence-corrected chi connectivity index (χ2v) is 3.56. The van der Waals surface area contributed by atoms with E-state index in [0.29, 0.717) is 0 Å². The number of nitriles is 2. The monoisotopic (exact) mass is 184 g/mol. The fourth-order valence-electron chi connectivity index (χ4n) is 1.29. The quantitative estimate of drug-likeness (QED) is 0.709. The van der Waals surface area contributed by atoms with Gasteiger partial charge in [-0.05, 0) is 12.5 Å². The molecule has 0 radical (unpaired) electrons. The zero-order chi connectivity index (χ0) is 10.6. The SMILES string of the molecule is CC(c1ccccc1)C(C)(C#N)C#N. The van der Waals surface area contributed by atoms with Gasteiger partial charge in [0, 0.05) is 5.92 Å². The van der Waals surface area contributed by atoms with E-state index in [4.69, 9.17) is 10.5 Å². The van der Waals surface area contributed by atoms with Crippen LogP contribution in [0.15, 0.2) is 30.3 Å². The van der Waals surface area contributed by atoms with Gasteiger partial charge in [0.05, 0.1) is 12.1 Å². The molecule has 1 aromatic carbocycles. The van der Waals surface area contributed by atoms with Crippen LogP contribution in [0.2, 0.25) is 0 Å². The average Bonchev–Trinajstić information content (AvgIpc) is 2.28. The molecule has 0 saturated heterocycles. The summed E-state index contributed by atoms with van der Waals surface area (Å²) >= 11 is 0. The molecule has 2 nitrogen and oxygen atoms in total. The maximum absolute atomic E-state index is 8.94. The van der Waals surface area contributed by atoms with Gasteiger partial charge < -0.3 is 0 Å². The van der Waals surface area contributed by atoms with Crippen LogP contribution in [0.25, 0.3) is 0 Å². The second kappa shape index (κ2) is 3.94. The van der Waals surface area contributed by atoms with Gasteiger partial charge in [0.15, 0.2) is 0 Å². The molecule has 0 spiro atoms. The van der Waals surface area contributed by atoms with Crippen LogP contribution >= 0.6 is 0 Å². The van der Waals surface area contributed by atoms with Gasteiger partial charge in [-0.15, -0.1) is 0 Å². The van der Waals surface area contributed by atoms with Crippen LogP contribution in [0.3, 0.4) is 0 Å². The smallest absolute Gasteiger partial charge is 0.147 e. The molecule has 2 heteroatoms. The Morgan fingerprint density at radius 1 is 1.14 bits per heavy atom. The molecule has 1 atom stereocenters. The Hall–Kier alpha value is -1.80. The Labute approximate surface area is 84.4 Å². The summed E-state index contributed by atoms with van der Waals surface area (Å²) in [6.07, 6.45) is 0. The number of nitrogens with zero attached hydrogens (tertiary/aromatic N) is 2. The van der Waals surface area contributed by atoms with Gasteiger partial charge in [-0.1, -0.05) is 37.3 Å². The van der Waals surface area contributed by atoms with Crippen LogP contribution in [-0.4, -0.2) is 0 Å². The van der Waals surface area contributed by atoms with E-state index in [1.54, 1.807) is 6.92 Å². The van der Waals surface area contributed by atoms with Crippen molar-refractivity contribution >= 4 is 0 Å². The lowest BCUT2D eigenvalue weighted by Crippen LogP contribution is -2.19. The molecular formula is C12H12N2. The molecule has 0 saturated carbocycles. The van der Waals surface area contributed by atoms with Gasteiger partial charge in [-0.3, -0.25) is 0 Å². The lowest BCUT2D eigenvalue weighted by Gasteiger charge is -2.21. The molecular weight excluding hydrogens is 172 g/mol. The van der Waals surface area contributed by atoms with Crippen LogP contribution < -0.4 is 0 Å². The fraction of sp³-hybridized carbons (Fsp3) is 0.333. The van der Waals surface area contributed by atoms with E-state index in [2.05, 4.69) is 12.1 Å². The normalized spacial score (nSPS) is 12.6. The molecule has 0 N–H and O–H groups in total. The van der Waals surface area contributed by atoms with Crippen LogP contribution in [0, 0.1) is 28.1 Å². The Kier molecular flexibility index (Phi) is 2.89. The van der Waals surface area contributed by atoms with Crippen molar-refractivity contribution < 1.29 is 0 Å². The van der Waals surface area contributed by atoms with E-state index in [1.807, 2.05) is 37.3 Å². The highest BCUT2D eigenvalue weighted by atomic mass is 14.4. The van der Waals surface area contributed by atoms with Gasteiger partial charge >= 0.3 is 0 Å². The van der Waals surface area contributed by atoms with Crippen molar-refractivity contribution in [2.24, 2.45) is 5.41 Å². The third kappa shape index (κ3) is 1.75. The minimum absolute atomic E-state index is 0.0706. The third-order valence-corrected chi connectivity index (χ3v) is 2.63. The molecule has 0 heterocycles. The minimum atomic E-state index is -0.943. The first-order valence-electron chi connectivity index (χ1n) is 4.51. The summed E-state index contributed by atoms with van der Waals surface area (Å²) in [4.78, 5) is 0. The van der Waals surface area contributed by atoms with Gasteiger partial charge in [0.2, 0.25) is 0 Å². The lowest BCUT2D eigenvalue weighted by molar-refractivity contribution is 0.479. The highest BCUT2D eigenvalue weighted by Gasteiger charge is 2.32. The lowest BCUT2D eigenvalue weighted by atomic mass is 9.77. The molecule has 14 heavy (non-hydrogen) atoms. The van der Waals surface area contributed by atoms with Crippen molar-refractivity contribution in [3.05, 3.63) is 35.9 Å². The average molecular weight is 184 g/mol. The second-order valence-electron chi connectivity index (χ2n) is 3.56. The van der Waals surface area contributed by atoms with E-state index in [-0.39, 0.29) is 5.92 Å². The van der Waals surface area contributed by atoms with E-state index >= 15 is 0 Å². The molecule has 0 aliphatic rings. The first-order valence-corrected chi connectivity index (χ1v) is 4.51. The van der Waals surface area contributed by atoms with E-state index in [0.717, 1.165) is 5.56 Å². The predicted octanol–water partition coefficient (Wildman–Crippen LogP) is 2.84. The number of hydrogen-bond acceptors (Lipinski definition) is 2. The van der Waals surface area contributed by atoms with Gasteiger partial charge in [0.25, 0.3) is 0 Å². The Bertz CT molecular complexity index is 367. The minimum Gasteiger partial charge on any atom is -0.197 e. The summed E-state index contributed by atoms with van der Waals surface area (Å²) in [6.45, 7) is 3.58. The summed E-state index contributed by atoms with van der Waals surface area (Å²) in [7, 11) is 0. The maximum Gasteiger partial charge on any atom is 0.147 e. The fourth-order valence-corrected chi connectivity index (χ4v) is 1.29. The summed E-state index contributed by atoms with van der Waals surface area (Å²) in [5.41, 5.74) is 0.0829. The summed E-state index contributed by atoms with van der Waals surface area (Å²) in [5.74, 6) is -0.0706. The van der Waals surface area contributed by atoms with Crippen molar-refractivity contribution in [3.8, 4) is 12.1 Å². The summed E-state index contributed by atoms with van der Waals surface area (Å²) in [5, 5.41) is 17.9. The topological polar surface area (TPSA) is 47.6 Å². The molecule has 0 aliphatic carbocycles. The van der Waals surface area contributed by atoms with Crippen LogP contribution in [0.4, 0.5) is 0 Å². The Balaban J connectivity index is 3.04. The van der Waals surface area contributed by atoms with Crippen LogP contribution in [-0.2, 0) is 0 Å². The van der Waals surface area contributed by atoms with Crippen molar-refractivity contribution in [2.75, 3.05) is 0 Å².